The summed E-state index contributed by atoms with van der Waals surface area (Å²) in [6.07, 6.45) is 3.58. The lowest BCUT2D eigenvalue weighted by atomic mass is 9.97. The predicted octanol–water partition coefficient (Wildman–Crippen LogP) is 0.0339. The number of hydrogen-bond donors (Lipinski definition) is 4. The zero-order valence-corrected chi connectivity index (χ0v) is 21.2. The number of carbonyl (C=O) groups is 4. The number of oxime groups is 1. The van der Waals surface area contributed by atoms with E-state index in [4.69, 9.17) is 10.6 Å². The number of thiazole rings is 1. The number of nitrogens with one attached hydrogen (secondary N) is 1. The Kier molecular flexibility index (Phi) is 7.18. The Hall–Kier alpha value is -3.98. The van der Waals surface area contributed by atoms with Crippen LogP contribution in [0.2, 0.25) is 0 Å². The normalized spacial score (nSPS) is 21.4. The van der Waals surface area contributed by atoms with Crippen molar-refractivity contribution < 1.29 is 38.8 Å². The number of aliphatic carboxylic acids is 2. The second-order valence-corrected chi connectivity index (χ2v) is 10.5. The molecule has 2 aromatic heterocycles. The van der Waals surface area contributed by atoms with Crippen LogP contribution in [0.4, 0.5) is 5.13 Å². The van der Waals surface area contributed by atoms with Crippen LogP contribution in [0.3, 0.4) is 0 Å². The fourth-order valence-electron chi connectivity index (χ4n) is 3.60. The molecular formula is C22H23N6O7S2+. The molecule has 0 spiro atoms. The number of rotatable bonds is 9. The van der Waals surface area contributed by atoms with Crippen molar-refractivity contribution in [2.75, 3.05) is 5.73 Å². The Morgan fingerprint density at radius 2 is 1.97 bits per heavy atom. The third kappa shape index (κ3) is 5.27. The maximum Gasteiger partial charge on any atom is 0.350 e. The number of anilines is 1. The van der Waals surface area contributed by atoms with Gasteiger partial charge in [0.2, 0.25) is 11.5 Å². The second-order valence-electron chi connectivity index (χ2n) is 8.62. The van der Waals surface area contributed by atoms with E-state index in [1.807, 2.05) is 18.2 Å². The van der Waals surface area contributed by atoms with Crippen LogP contribution in [0.25, 0.3) is 0 Å². The SMILES string of the molecule is CC(C)(O/N=C(/C(=O)NC1C(=O)N2C(C(=O)O)C(C[n+]3ccccc3)=CSC12)c1csc(N)n1)C(=O)O. The number of nitrogens with two attached hydrogens (primary N) is 1. The van der Waals surface area contributed by atoms with Crippen LogP contribution < -0.4 is 15.6 Å². The first-order valence-electron chi connectivity index (χ1n) is 10.8. The number of nitrogen functional groups attached to an aromatic ring is 1. The van der Waals surface area contributed by atoms with E-state index in [0.29, 0.717) is 5.57 Å². The highest BCUT2D eigenvalue weighted by molar-refractivity contribution is 8.02. The molecule has 3 atom stereocenters. The molecule has 2 aliphatic heterocycles. The molecule has 13 nitrogen and oxygen atoms in total. The number of carbonyl (C=O) groups excluding carboxylic acids is 2. The maximum absolute atomic E-state index is 13.1. The largest absolute Gasteiger partial charge is 0.479 e. The topological polar surface area (TPSA) is 188 Å². The lowest BCUT2D eigenvalue weighted by Crippen LogP contribution is -2.74. The molecule has 5 N–H and O–H groups in total. The Bertz CT molecular complexity index is 1310. The van der Waals surface area contributed by atoms with Crippen molar-refractivity contribution in [1.29, 1.82) is 0 Å². The van der Waals surface area contributed by atoms with Gasteiger partial charge in [0.15, 0.2) is 35.8 Å². The average Bonchev–Trinajstić information content (AvgIpc) is 3.28. The predicted molar refractivity (Wildman–Crippen MR) is 132 cm³/mol. The van der Waals surface area contributed by atoms with E-state index in [9.17, 15) is 29.4 Å². The number of fused-ring (bicyclic) bond motifs is 1. The van der Waals surface area contributed by atoms with Gasteiger partial charge in [-0.1, -0.05) is 11.2 Å². The molecule has 0 saturated carbocycles. The standard InChI is InChI=1S/C22H22N6O7S2/c1-22(2,20(33)34)35-26-13(12-10-37-21(23)24-12)16(29)25-14-17(30)28-15(19(31)32)11(9-36-18(14)28)8-27-6-4-3-5-7-27/h3-7,9-10,14-15,18H,8H2,1-2H3,(H4-,23,24,25,29,31,32,33,34)/p+1/b26-13+. The number of thioether (sulfide) groups is 1. The summed E-state index contributed by atoms with van der Waals surface area (Å²) in [4.78, 5) is 59.9. The Labute approximate surface area is 218 Å². The third-order valence-corrected chi connectivity index (χ3v) is 7.48. The van der Waals surface area contributed by atoms with E-state index in [0.717, 1.165) is 11.3 Å². The van der Waals surface area contributed by atoms with Crippen LogP contribution in [0.1, 0.15) is 19.5 Å². The van der Waals surface area contributed by atoms with Gasteiger partial charge in [-0.3, -0.25) is 9.59 Å². The van der Waals surface area contributed by atoms with Gasteiger partial charge in [0.05, 0.1) is 0 Å². The first-order chi connectivity index (χ1) is 17.5. The van der Waals surface area contributed by atoms with E-state index in [2.05, 4.69) is 15.5 Å². The van der Waals surface area contributed by atoms with Crippen molar-refractivity contribution in [2.24, 2.45) is 5.16 Å². The molecule has 2 aromatic rings. The van der Waals surface area contributed by atoms with Crippen LogP contribution in [-0.4, -0.2) is 72.6 Å². The highest BCUT2D eigenvalue weighted by atomic mass is 32.2. The summed E-state index contributed by atoms with van der Waals surface area (Å²) in [6.45, 7) is 2.77. The zero-order chi connectivity index (χ0) is 26.9. The molecule has 2 amide bonds. The number of carboxylic acids is 2. The van der Waals surface area contributed by atoms with Gasteiger partial charge in [-0.25, -0.2) is 19.1 Å². The van der Waals surface area contributed by atoms with Crippen LogP contribution in [0.5, 0.6) is 0 Å². The number of β-lactam (4-membered cyclic amide) rings is 1. The molecule has 15 heteroatoms. The minimum absolute atomic E-state index is 0.0339. The van der Waals surface area contributed by atoms with Crippen molar-refractivity contribution in [3.63, 3.8) is 0 Å². The third-order valence-electron chi connectivity index (χ3n) is 5.59. The fourth-order valence-corrected chi connectivity index (χ4v) is 5.36. The van der Waals surface area contributed by atoms with E-state index >= 15 is 0 Å². The van der Waals surface area contributed by atoms with E-state index < -0.39 is 46.8 Å². The number of hydrogen-bond acceptors (Lipinski definition) is 10. The Morgan fingerprint density at radius 3 is 2.57 bits per heavy atom. The Balaban J connectivity index is 1.54. The van der Waals surface area contributed by atoms with Crippen molar-refractivity contribution in [3.8, 4) is 0 Å². The molecule has 0 aliphatic carbocycles. The highest BCUT2D eigenvalue weighted by Crippen LogP contribution is 2.40. The smallest absolute Gasteiger partial charge is 0.350 e. The van der Waals surface area contributed by atoms with Gasteiger partial charge in [0.1, 0.15) is 17.1 Å². The van der Waals surface area contributed by atoms with Gasteiger partial charge in [0.25, 0.3) is 5.91 Å². The minimum Gasteiger partial charge on any atom is -0.479 e. The molecule has 37 heavy (non-hydrogen) atoms. The molecule has 194 valence electrons. The summed E-state index contributed by atoms with van der Waals surface area (Å²) in [5, 5.41) is 28.0. The maximum atomic E-state index is 13.1. The summed E-state index contributed by atoms with van der Waals surface area (Å²) >= 11 is 2.25. The molecule has 3 unspecified atom stereocenters. The molecule has 0 bridgehead atoms. The molecule has 1 fully saturated rings. The summed E-state index contributed by atoms with van der Waals surface area (Å²) in [5.74, 6) is -3.93. The molecular weight excluding hydrogens is 524 g/mol. The monoisotopic (exact) mass is 547 g/mol. The summed E-state index contributed by atoms with van der Waals surface area (Å²) in [6, 6.07) is 3.22. The quantitative estimate of drug-likeness (QED) is 0.144. The van der Waals surface area contributed by atoms with Crippen LogP contribution in [0.15, 0.2) is 52.1 Å². The number of nitrogens with zero attached hydrogens (tertiary/aromatic N) is 4. The molecule has 2 aliphatic rings. The first-order valence-corrected chi connectivity index (χ1v) is 12.7. The van der Waals surface area contributed by atoms with Gasteiger partial charge in [-0.05, 0) is 19.3 Å². The van der Waals surface area contributed by atoms with Crippen molar-refractivity contribution in [2.45, 2.75) is 43.5 Å². The van der Waals surface area contributed by atoms with E-state index in [-0.39, 0.29) is 23.1 Å². The van der Waals surface area contributed by atoms with E-state index in [1.54, 1.807) is 22.4 Å². The van der Waals surface area contributed by atoms with E-state index in [1.165, 1.54) is 35.9 Å². The minimum atomic E-state index is -1.75. The van der Waals surface area contributed by atoms with Crippen LogP contribution in [-0.2, 0) is 30.6 Å². The lowest BCUT2D eigenvalue weighted by molar-refractivity contribution is -0.689. The first kappa shape index (κ1) is 26.1. The summed E-state index contributed by atoms with van der Waals surface area (Å²) in [7, 11) is 0. The molecule has 1 saturated heterocycles. The number of amides is 2. The van der Waals surface area contributed by atoms with Gasteiger partial charge >= 0.3 is 11.9 Å². The summed E-state index contributed by atoms with van der Waals surface area (Å²) < 4.78 is 1.80. The van der Waals surface area contributed by atoms with Gasteiger partial charge in [0, 0.05) is 23.1 Å². The van der Waals surface area contributed by atoms with Crippen molar-refractivity contribution >= 4 is 57.7 Å². The fraction of sp³-hybridized carbons (Fsp3) is 0.318. The number of carboxylic acid groups (broad SMARTS) is 2. The molecule has 0 radical (unpaired) electrons. The highest BCUT2D eigenvalue weighted by Gasteiger charge is 2.56. The van der Waals surface area contributed by atoms with Crippen LogP contribution >= 0.6 is 23.1 Å². The summed E-state index contributed by atoms with van der Waals surface area (Å²) in [5.41, 5.74) is 4.10. The molecule has 4 rings (SSSR count). The van der Waals surface area contributed by atoms with Gasteiger partial charge in [-0.15, -0.1) is 23.1 Å². The van der Waals surface area contributed by atoms with Crippen molar-refractivity contribution in [3.05, 3.63) is 52.6 Å². The second kappa shape index (κ2) is 10.2. The average molecular weight is 548 g/mol. The number of aromatic nitrogens is 2. The zero-order valence-electron chi connectivity index (χ0n) is 19.6. The molecule has 4 heterocycles. The molecule has 0 aromatic carbocycles. The van der Waals surface area contributed by atoms with Gasteiger partial charge in [-0.2, -0.15) is 0 Å². The lowest BCUT2D eigenvalue weighted by Gasteiger charge is -2.51. The Morgan fingerprint density at radius 1 is 1.27 bits per heavy atom. The van der Waals surface area contributed by atoms with Crippen molar-refractivity contribution in [1.82, 2.24) is 15.2 Å². The number of pyridine rings is 1. The van der Waals surface area contributed by atoms with Crippen LogP contribution in [0, 0.1) is 0 Å². The van der Waals surface area contributed by atoms with Gasteiger partial charge < -0.3 is 31.0 Å².